The maximum atomic E-state index is 4.87. The predicted octanol–water partition coefficient (Wildman–Crippen LogP) is 3.01. The van der Waals surface area contributed by atoms with Gasteiger partial charge in [0.15, 0.2) is 0 Å². The van der Waals surface area contributed by atoms with E-state index in [0.29, 0.717) is 6.04 Å². The van der Waals surface area contributed by atoms with Crippen LogP contribution in [-0.4, -0.2) is 32.9 Å². The van der Waals surface area contributed by atoms with Crippen LogP contribution in [0, 0.1) is 0 Å². The van der Waals surface area contributed by atoms with Crippen LogP contribution in [-0.2, 0) is 19.5 Å². The molecule has 0 aliphatic carbocycles. The molecule has 1 fully saturated rings. The fourth-order valence-electron chi connectivity index (χ4n) is 4.08. The molecule has 4 heterocycles. The second-order valence-electron chi connectivity index (χ2n) is 7.34. The van der Waals surface area contributed by atoms with Gasteiger partial charge in [0.05, 0.1) is 11.6 Å². The fourth-order valence-corrected chi connectivity index (χ4v) is 4.08. The summed E-state index contributed by atoms with van der Waals surface area (Å²) >= 11 is 0. The SMILES string of the molecule is c1cnc2ccc(CN3CCc4nc([C@@H]5CCCN5)ncc4C3)cc2c1. The first-order chi connectivity index (χ1) is 12.8. The highest BCUT2D eigenvalue weighted by molar-refractivity contribution is 5.78. The van der Waals surface area contributed by atoms with Crippen LogP contribution in [0.25, 0.3) is 10.9 Å². The van der Waals surface area contributed by atoms with Crippen LogP contribution in [0.2, 0.25) is 0 Å². The number of hydrogen-bond donors (Lipinski definition) is 1. The Labute approximate surface area is 153 Å². The average molecular weight is 345 g/mol. The third-order valence-electron chi connectivity index (χ3n) is 5.48. The van der Waals surface area contributed by atoms with E-state index in [1.807, 2.05) is 18.5 Å². The minimum atomic E-state index is 0.351. The third-order valence-corrected chi connectivity index (χ3v) is 5.48. The molecule has 1 atom stereocenters. The highest BCUT2D eigenvalue weighted by Crippen LogP contribution is 2.24. The van der Waals surface area contributed by atoms with Gasteiger partial charge in [-0.15, -0.1) is 0 Å². The Bertz CT molecular complexity index is 933. The van der Waals surface area contributed by atoms with Crippen molar-refractivity contribution in [3.05, 3.63) is 65.4 Å². The molecular formula is C21H23N5. The summed E-state index contributed by atoms with van der Waals surface area (Å²) in [5, 5.41) is 4.70. The number of benzene rings is 1. The normalized spacial score (nSPS) is 20.4. The summed E-state index contributed by atoms with van der Waals surface area (Å²) in [7, 11) is 0. The Morgan fingerprint density at radius 3 is 3.12 bits per heavy atom. The smallest absolute Gasteiger partial charge is 0.145 e. The summed E-state index contributed by atoms with van der Waals surface area (Å²) in [6.07, 6.45) is 7.28. The van der Waals surface area contributed by atoms with Gasteiger partial charge in [0.2, 0.25) is 0 Å². The molecule has 0 spiro atoms. The van der Waals surface area contributed by atoms with Gasteiger partial charge in [-0.25, -0.2) is 9.97 Å². The van der Waals surface area contributed by atoms with E-state index >= 15 is 0 Å². The molecule has 2 aliphatic rings. The molecular weight excluding hydrogens is 322 g/mol. The van der Waals surface area contributed by atoms with Crippen molar-refractivity contribution in [2.75, 3.05) is 13.1 Å². The summed E-state index contributed by atoms with van der Waals surface area (Å²) in [5.41, 5.74) is 4.91. The maximum absolute atomic E-state index is 4.87. The van der Waals surface area contributed by atoms with Crippen LogP contribution in [0.15, 0.2) is 42.7 Å². The molecule has 0 unspecified atom stereocenters. The minimum Gasteiger partial charge on any atom is -0.307 e. The number of rotatable bonds is 3. The van der Waals surface area contributed by atoms with Gasteiger partial charge in [-0.1, -0.05) is 12.1 Å². The Morgan fingerprint density at radius 1 is 1.19 bits per heavy atom. The van der Waals surface area contributed by atoms with Crippen LogP contribution in [0.1, 0.15) is 41.5 Å². The van der Waals surface area contributed by atoms with Gasteiger partial charge in [0, 0.05) is 55.1 Å². The zero-order chi connectivity index (χ0) is 17.3. The Hall–Kier alpha value is -2.37. The number of nitrogens with zero attached hydrogens (tertiary/aromatic N) is 4. The minimum absolute atomic E-state index is 0.351. The topological polar surface area (TPSA) is 53.9 Å². The molecule has 1 N–H and O–H groups in total. The number of aromatic nitrogens is 3. The number of fused-ring (bicyclic) bond motifs is 2. The van der Waals surface area contributed by atoms with Crippen LogP contribution >= 0.6 is 0 Å². The van der Waals surface area contributed by atoms with Crippen molar-refractivity contribution in [3.63, 3.8) is 0 Å². The van der Waals surface area contributed by atoms with E-state index in [2.05, 4.69) is 44.5 Å². The van der Waals surface area contributed by atoms with Crippen molar-refractivity contribution in [1.82, 2.24) is 25.2 Å². The monoisotopic (exact) mass is 345 g/mol. The van der Waals surface area contributed by atoms with Crippen LogP contribution in [0.5, 0.6) is 0 Å². The van der Waals surface area contributed by atoms with Gasteiger partial charge in [-0.2, -0.15) is 0 Å². The zero-order valence-corrected chi connectivity index (χ0v) is 14.9. The van der Waals surface area contributed by atoms with Crippen LogP contribution in [0.4, 0.5) is 0 Å². The van der Waals surface area contributed by atoms with Crippen molar-refractivity contribution < 1.29 is 0 Å². The van der Waals surface area contributed by atoms with E-state index in [1.54, 1.807) is 0 Å². The lowest BCUT2D eigenvalue weighted by Crippen LogP contribution is -2.31. The van der Waals surface area contributed by atoms with E-state index in [1.165, 1.54) is 28.6 Å². The molecule has 5 heteroatoms. The van der Waals surface area contributed by atoms with Crippen molar-refractivity contribution in [3.8, 4) is 0 Å². The van der Waals surface area contributed by atoms with Gasteiger partial charge < -0.3 is 5.32 Å². The van der Waals surface area contributed by atoms with Gasteiger partial charge >= 0.3 is 0 Å². The number of pyridine rings is 1. The third kappa shape index (κ3) is 3.08. The second-order valence-corrected chi connectivity index (χ2v) is 7.34. The molecule has 1 aromatic carbocycles. The maximum Gasteiger partial charge on any atom is 0.145 e. The standard InChI is InChI=1S/C21H23N5/c1-3-16-11-15(5-6-18(16)22-8-1)13-26-10-7-19-17(14-26)12-24-21(25-19)20-4-2-9-23-20/h1,3,5-6,8,11-12,20,23H,2,4,7,9-10,13-14H2/t20-/m0/s1. The van der Waals surface area contributed by atoms with Crippen LogP contribution in [0.3, 0.4) is 0 Å². The van der Waals surface area contributed by atoms with Crippen LogP contribution < -0.4 is 5.32 Å². The fraction of sp³-hybridized carbons (Fsp3) is 0.381. The lowest BCUT2D eigenvalue weighted by molar-refractivity contribution is 0.242. The highest BCUT2D eigenvalue weighted by atomic mass is 15.1. The summed E-state index contributed by atoms with van der Waals surface area (Å²) in [4.78, 5) is 16.4. The molecule has 2 aromatic heterocycles. The molecule has 1 saturated heterocycles. The summed E-state index contributed by atoms with van der Waals surface area (Å²) in [6.45, 7) is 4.02. The molecule has 5 rings (SSSR count). The van der Waals surface area contributed by atoms with Crippen molar-refractivity contribution in [1.29, 1.82) is 0 Å². The average Bonchev–Trinajstić information content (AvgIpc) is 3.22. The van der Waals surface area contributed by atoms with E-state index in [9.17, 15) is 0 Å². The zero-order valence-electron chi connectivity index (χ0n) is 14.9. The van der Waals surface area contributed by atoms with E-state index < -0.39 is 0 Å². The van der Waals surface area contributed by atoms with Gasteiger partial charge in [0.1, 0.15) is 5.82 Å². The first-order valence-electron chi connectivity index (χ1n) is 9.49. The Morgan fingerprint density at radius 2 is 2.19 bits per heavy atom. The largest absolute Gasteiger partial charge is 0.307 e. The molecule has 0 bridgehead atoms. The number of nitrogens with one attached hydrogen (secondary N) is 1. The molecule has 2 aliphatic heterocycles. The molecule has 0 amide bonds. The lowest BCUT2D eigenvalue weighted by atomic mass is 10.0. The quantitative estimate of drug-likeness (QED) is 0.791. The van der Waals surface area contributed by atoms with Gasteiger partial charge in [-0.3, -0.25) is 9.88 Å². The summed E-state index contributed by atoms with van der Waals surface area (Å²) < 4.78 is 0. The Balaban J connectivity index is 1.31. The predicted molar refractivity (Wildman–Crippen MR) is 102 cm³/mol. The van der Waals surface area contributed by atoms with Crippen molar-refractivity contribution in [2.24, 2.45) is 0 Å². The second kappa shape index (κ2) is 6.74. The summed E-state index contributed by atoms with van der Waals surface area (Å²) in [5.74, 6) is 0.983. The van der Waals surface area contributed by atoms with Gasteiger partial charge in [0.25, 0.3) is 0 Å². The van der Waals surface area contributed by atoms with Crippen molar-refractivity contribution >= 4 is 10.9 Å². The Kier molecular flexibility index (Phi) is 4.11. The highest BCUT2D eigenvalue weighted by Gasteiger charge is 2.23. The lowest BCUT2D eigenvalue weighted by Gasteiger charge is -2.28. The first kappa shape index (κ1) is 15.9. The van der Waals surface area contributed by atoms with Crippen molar-refractivity contribution in [2.45, 2.75) is 38.4 Å². The van der Waals surface area contributed by atoms with E-state index in [-0.39, 0.29) is 0 Å². The molecule has 3 aromatic rings. The number of hydrogen-bond acceptors (Lipinski definition) is 5. The summed E-state index contributed by atoms with van der Waals surface area (Å²) in [6, 6.07) is 11.0. The van der Waals surface area contributed by atoms with E-state index in [4.69, 9.17) is 4.98 Å². The molecule has 132 valence electrons. The molecule has 0 radical (unpaired) electrons. The molecule has 26 heavy (non-hydrogen) atoms. The molecule has 0 saturated carbocycles. The first-order valence-corrected chi connectivity index (χ1v) is 9.49. The molecule has 5 nitrogen and oxygen atoms in total. The van der Waals surface area contributed by atoms with Gasteiger partial charge in [-0.05, 0) is 43.1 Å². The van der Waals surface area contributed by atoms with E-state index in [0.717, 1.165) is 50.4 Å².